The summed E-state index contributed by atoms with van der Waals surface area (Å²) in [5, 5.41) is -0.0961. The van der Waals surface area contributed by atoms with E-state index < -0.39 is 5.82 Å². The Morgan fingerprint density at radius 1 is 1.47 bits per heavy atom. The van der Waals surface area contributed by atoms with Gasteiger partial charge in [0.05, 0.1) is 10.7 Å². The molecule has 3 nitrogen and oxygen atoms in total. The van der Waals surface area contributed by atoms with Crippen molar-refractivity contribution in [1.82, 2.24) is 0 Å². The van der Waals surface area contributed by atoms with E-state index in [9.17, 15) is 14.0 Å². The molecule has 102 valence electrons. The number of halogens is 3. The third-order valence-electron chi connectivity index (χ3n) is 2.69. The average Bonchev–Trinajstić information content (AvgIpc) is 2.63. The lowest BCUT2D eigenvalue weighted by Gasteiger charge is -2.18. The third kappa shape index (κ3) is 3.22. The van der Waals surface area contributed by atoms with Crippen LogP contribution < -0.4 is 4.90 Å². The molecule has 0 N–H and O–H groups in total. The maximum Gasteiger partial charge on any atom is 0.228 e. The summed E-state index contributed by atoms with van der Waals surface area (Å²) in [5.41, 5.74) is 0.0640. The first-order valence-corrected chi connectivity index (χ1v) is 7.14. The van der Waals surface area contributed by atoms with Crippen molar-refractivity contribution in [2.45, 2.75) is 18.6 Å². The molecule has 1 amide bonds. The van der Waals surface area contributed by atoms with Crippen LogP contribution in [-0.2, 0) is 9.59 Å². The van der Waals surface area contributed by atoms with Gasteiger partial charge < -0.3 is 4.90 Å². The summed E-state index contributed by atoms with van der Waals surface area (Å²) in [6, 6.07) is 2.64. The van der Waals surface area contributed by atoms with Crippen LogP contribution in [0.5, 0.6) is 0 Å². The van der Waals surface area contributed by atoms with Gasteiger partial charge in [-0.15, -0.1) is 0 Å². The number of anilines is 1. The fourth-order valence-corrected chi connectivity index (χ4v) is 3.36. The predicted molar refractivity (Wildman–Crippen MR) is 75.5 cm³/mol. The van der Waals surface area contributed by atoms with E-state index in [1.807, 2.05) is 0 Å². The highest BCUT2D eigenvalue weighted by Crippen LogP contribution is 2.34. The molecule has 1 heterocycles. The van der Waals surface area contributed by atoms with E-state index in [0.29, 0.717) is 0 Å². The third-order valence-corrected chi connectivity index (χ3v) is 4.16. The lowest BCUT2D eigenvalue weighted by atomic mass is 10.3. The monoisotopic (exact) mass is 321 g/mol. The van der Waals surface area contributed by atoms with Gasteiger partial charge >= 0.3 is 0 Å². The molecule has 0 radical (unpaired) electrons. The number of hydrogen-bond acceptors (Lipinski definition) is 3. The molecule has 2 rings (SSSR count). The summed E-state index contributed by atoms with van der Waals surface area (Å²) < 4.78 is 13.9. The van der Waals surface area contributed by atoms with E-state index in [0.717, 1.165) is 11.8 Å². The molecule has 0 bridgehead atoms. The molecular weight excluding hydrogens is 312 g/mol. The number of hydrogen-bond donors (Lipinski definition) is 0. The van der Waals surface area contributed by atoms with Gasteiger partial charge in [0.2, 0.25) is 5.91 Å². The Bertz CT molecular complexity index is 553. The molecule has 1 aliphatic heterocycles. The Labute approximate surface area is 124 Å². The Balaban J connectivity index is 2.28. The molecule has 0 spiro atoms. The van der Waals surface area contributed by atoms with Crippen LogP contribution in [0.2, 0.25) is 10.0 Å². The van der Waals surface area contributed by atoms with Crippen LogP contribution in [0, 0.1) is 5.82 Å². The lowest BCUT2D eigenvalue weighted by molar-refractivity contribution is -0.117. The minimum atomic E-state index is -0.673. The van der Waals surface area contributed by atoms with E-state index >= 15 is 0 Å². The summed E-state index contributed by atoms with van der Waals surface area (Å²) >= 11 is 12.6. The first kappa shape index (κ1) is 14.6. The molecule has 1 aliphatic rings. The Hall–Kier alpha value is -0.780. The van der Waals surface area contributed by atoms with Crippen molar-refractivity contribution in [2.75, 3.05) is 11.4 Å². The number of amides is 1. The predicted octanol–water partition coefficient (Wildman–Crippen LogP) is 3.52. The van der Waals surface area contributed by atoms with Crippen LogP contribution in [0.4, 0.5) is 10.1 Å². The molecule has 19 heavy (non-hydrogen) atoms. The van der Waals surface area contributed by atoms with Gasteiger partial charge in [0.25, 0.3) is 0 Å². The Morgan fingerprint density at radius 2 is 2.16 bits per heavy atom. The van der Waals surface area contributed by atoms with Crippen LogP contribution in [0.1, 0.15) is 13.3 Å². The van der Waals surface area contributed by atoms with Crippen molar-refractivity contribution >= 4 is 51.7 Å². The van der Waals surface area contributed by atoms with Gasteiger partial charge in [-0.3, -0.25) is 9.59 Å². The van der Waals surface area contributed by atoms with Crippen molar-refractivity contribution in [3.8, 4) is 0 Å². The zero-order valence-electron chi connectivity index (χ0n) is 9.95. The lowest BCUT2D eigenvalue weighted by Crippen LogP contribution is -2.26. The summed E-state index contributed by atoms with van der Waals surface area (Å²) in [6.07, 6.45) is 0.202. The van der Waals surface area contributed by atoms with Crippen molar-refractivity contribution in [3.05, 3.63) is 28.0 Å². The summed E-state index contributed by atoms with van der Waals surface area (Å²) in [5.74, 6) is -0.913. The highest BCUT2D eigenvalue weighted by Gasteiger charge is 2.33. The molecule has 1 saturated heterocycles. The quantitative estimate of drug-likeness (QED) is 0.782. The summed E-state index contributed by atoms with van der Waals surface area (Å²) in [7, 11) is 0. The van der Waals surface area contributed by atoms with Gasteiger partial charge in [0, 0.05) is 30.2 Å². The van der Waals surface area contributed by atoms with E-state index in [2.05, 4.69) is 0 Å². The molecule has 0 saturated carbocycles. The number of thioether (sulfide) groups is 1. The average molecular weight is 322 g/mol. The first-order chi connectivity index (χ1) is 8.88. The van der Waals surface area contributed by atoms with Crippen molar-refractivity contribution < 1.29 is 14.0 Å². The molecule has 1 aromatic carbocycles. The first-order valence-electron chi connectivity index (χ1n) is 5.50. The van der Waals surface area contributed by atoms with Crippen LogP contribution in [0.3, 0.4) is 0 Å². The number of benzene rings is 1. The van der Waals surface area contributed by atoms with Gasteiger partial charge in [0.1, 0.15) is 0 Å². The van der Waals surface area contributed by atoms with Gasteiger partial charge in [-0.25, -0.2) is 4.39 Å². The maximum absolute atomic E-state index is 13.9. The van der Waals surface area contributed by atoms with Gasteiger partial charge in [-0.2, -0.15) is 0 Å². The van der Waals surface area contributed by atoms with Crippen molar-refractivity contribution in [2.24, 2.45) is 0 Å². The molecule has 0 aromatic heterocycles. The Kier molecular flexibility index (Phi) is 4.38. The molecule has 0 aliphatic carbocycles. The van der Waals surface area contributed by atoms with Gasteiger partial charge in [-0.1, -0.05) is 35.0 Å². The number of carbonyl (C=O) groups is 2. The molecular formula is C12H10Cl2FNO2S. The minimum absolute atomic E-state index is 0.0640. The fourth-order valence-electron chi connectivity index (χ4n) is 1.96. The Morgan fingerprint density at radius 3 is 2.79 bits per heavy atom. The van der Waals surface area contributed by atoms with E-state index in [1.165, 1.54) is 24.0 Å². The zero-order chi connectivity index (χ0) is 14.2. The second-order valence-corrected chi connectivity index (χ2v) is 6.48. The summed E-state index contributed by atoms with van der Waals surface area (Å²) in [6.45, 7) is 1.71. The second-order valence-electron chi connectivity index (χ2n) is 4.16. The highest BCUT2D eigenvalue weighted by molar-refractivity contribution is 8.14. The van der Waals surface area contributed by atoms with E-state index in [-0.39, 0.29) is 45.0 Å². The molecule has 1 atom stereocenters. The SMILES string of the molecule is CC(=O)SC1CC(=O)N(c2cc(Cl)cc(Cl)c2F)C1. The maximum atomic E-state index is 13.9. The van der Waals surface area contributed by atoms with E-state index in [4.69, 9.17) is 23.2 Å². The van der Waals surface area contributed by atoms with Gasteiger partial charge in [-0.05, 0) is 12.1 Å². The van der Waals surface area contributed by atoms with Crippen LogP contribution in [0.15, 0.2) is 12.1 Å². The minimum Gasteiger partial charge on any atom is -0.308 e. The summed E-state index contributed by atoms with van der Waals surface area (Å²) in [4.78, 5) is 24.2. The van der Waals surface area contributed by atoms with Crippen molar-refractivity contribution in [1.29, 1.82) is 0 Å². The van der Waals surface area contributed by atoms with Gasteiger partial charge in [0.15, 0.2) is 10.9 Å². The fraction of sp³-hybridized carbons (Fsp3) is 0.333. The van der Waals surface area contributed by atoms with Crippen LogP contribution in [0.25, 0.3) is 0 Å². The van der Waals surface area contributed by atoms with Crippen LogP contribution >= 0.6 is 35.0 Å². The molecule has 1 fully saturated rings. The molecule has 1 unspecified atom stereocenters. The second kappa shape index (κ2) is 5.69. The highest BCUT2D eigenvalue weighted by atomic mass is 35.5. The standard InChI is InChI=1S/C12H10Cl2FNO2S/c1-6(17)19-8-4-11(18)16(5-8)10-3-7(13)2-9(14)12(10)15/h2-3,8H,4-5H2,1H3. The topological polar surface area (TPSA) is 37.4 Å². The number of rotatable bonds is 2. The van der Waals surface area contributed by atoms with E-state index in [1.54, 1.807) is 0 Å². The zero-order valence-corrected chi connectivity index (χ0v) is 12.3. The normalized spacial score (nSPS) is 19.1. The number of carbonyl (C=O) groups excluding carboxylic acids is 2. The smallest absolute Gasteiger partial charge is 0.228 e. The van der Waals surface area contributed by atoms with Crippen molar-refractivity contribution in [3.63, 3.8) is 0 Å². The van der Waals surface area contributed by atoms with Crippen LogP contribution in [-0.4, -0.2) is 22.8 Å². The molecule has 1 aromatic rings. The largest absolute Gasteiger partial charge is 0.308 e. The number of nitrogens with zero attached hydrogens (tertiary/aromatic N) is 1. The molecule has 7 heteroatoms.